The normalized spacial score (nSPS) is 20.8. The minimum absolute atomic E-state index is 0.0849. The molecule has 3 heterocycles. The summed E-state index contributed by atoms with van der Waals surface area (Å²) in [6.07, 6.45) is 5.52. The Morgan fingerprint density at radius 1 is 1.17 bits per heavy atom. The van der Waals surface area contributed by atoms with Crippen molar-refractivity contribution in [1.29, 1.82) is 0 Å². The van der Waals surface area contributed by atoms with Gasteiger partial charge in [-0.2, -0.15) is 5.10 Å². The second-order valence-corrected chi connectivity index (χ2v) is 11.4. The van der Waals surface area contributed by atoms with Crippen LogP contribution in [0.1, 0.15) is 79.7 Å². The number of carbonyl (C=O) groups excluding carboxylic acids is 2. The SMILES string of the molecule is CC(C)c1ccc(-c2cc3n(n2)CC(C)(C(=O)NC2CCCCC2)N(Cc2cccs2)C3=O)cc1. The van der Waals surface area contributed by atoms with Gasteiger partial charge in [-0.1, -0.05) is 63.4 Å². The van der Waals surface area contributed by atoms with Crippen LogP contribution in [0.3, 0.4) is 0 Å². The van der Waals surface area contributed by atoms with E-state index in [0.717, 1.165) is 41.8 Å². The second kappa shape index (κ2) is 9.61. The fraction of sp³-hybridized carbons (Fsp3) is 0.464. The lowest BCUT2D eigenvalue weighted by Gasteiger charge is -2.43. The van der Waals surface area contributed by atoms with Gasteiger partial charge in [0.1, 0.15) is 11.2 Å². The van der Waals surface area contributed by atoms with Crippen LogP contribution in [0.5, 0.6) is 0 Å². The molecule has 2 aromatic heterocycles. The summed E-state index contributed by atoms with van der Waals surface area (Å²) in [6.45, 7) is 6.98. The number of fused-ring (bicyclic) bond motifs is 1. The fourth-order valence-electron chi connectivity index (χ4n) is 5.22. The average Bonchev–Trinajstić information content (AvgIpc) is 3.52. The number of nitrogens with one attached hydrogen (secondary N) is 1. The number of carbonyl (C=O) groups is 2. The van der Waals surface area contributed by atoms with Crippen molar-refractivity contribution >= 4 is 23.2 Å². The van der Waals surface area contributed by atoms with E-state index in [2.05, 4.69) is 43.4 Å². The molecule has 1 aliphatic heterocycles. The number of nitrogens with zero attached hydrogens (tertiary/aromatic N) is 3. The zero-order valence-corrected chi connectivity index (χ0v) is 21.6. The summed E-state index contributed by atoms with van der Waals surface area (Å²) >= 11 is 1.61. The Hall–Kier alpha value is -2.93. The maximum Gasteiger partial charge on any atom is 0.273 e. The highest BCUT2D eigenvalue weighted by molar-refractivity contribution is 7.09. The molecule has 0 radical (unpaired) electrons. The van der Waals surface area contributed by atoms with Gasteiger partial charge in [-0.3, -0.25) is 14.3 Å². The van der Waals surface area contributed by atoms with Gasteiger partial charge in [-0.15, -0.1) is 11.3 Å². The highest BCUT2D eigenvalue weighted by atomic mass is 32.1. The molecule has 184 valence electrons. The van der Waals surface area contributed by atoms with Gasteiger partial charge in [0.05, 0.1) is 18.8 Å². The number of hydrogen-bond donors (Lipinski definition) is 1. The molecule has 2 amide bonds. The summed E-state index contributed by atoms with van der Waals surface area (Å²) in [5, 5.41) is 10.1. The van der Waals surface area contributed by atoms with Crippen molar-refractivity contribution in [2.45, 2.75) is 83.5 Å². The van der Waals surface area contributed by atoms with Crippen molar-refractivity contribution in [2.24, 2.45) is 0 Å². The van der Waals surface area contributed by atoms with Crippen molar-refractivity contribution < 1.29 is 9.59 Å². The van der Waals surface area contributed by atoms with Gasteiger partial charge >= 0.3 is 0 Å². The van der Waals surface area contributed by atoms with Gasteiger partial charge in [0.2, 0.25) is 5.91 Å². The summed E-state index contributed by atoms with van der Waals surface area (Å²) in [7, 11) is 0. The monoisotopic (exact) mass is 490 g/mol. The van der Waals surface area contributed by atoms with E-state index in [1.807, 2.05) is 30.5 Å². The van der Waals surface area contributed by atoms with E-state index >= 15 is 0 Å². The Balaban J connectivity index is 1.48. The molecule has 7 heteroatoms. The molecule has 0 spiro atoms. The Kier molecular flexibility index (Phi) is 6.53. The molecular formula is C28H34N4O2S. The van der Waals surface area contributed by atoms with E-state index in [9.17, 15) is 9.59 Å². The lowest BCUT2D eigenvalue weighted by atomic mass is 9.91. The number of amides is 2. The first-order valence-electron chi connectivity index (χ1n) is 12.7. The van der Waals surface area contributed by atoms with Gasteiger partial charge in [0.15, 0.2) is 0 Å². The molecule has 35 heavy (non-hydrogen) atoms. The van der Waals surface area contributed by atoms with E-state index < -0.39 is 5.54 Å². The molecule has 1 saturated carbocycles. The summed E-state index contributed by atoms with van der Waals surface area (Å²) in [5.74, 6) is 0.219. The molecule has 3 aromatic rings. The van der Waals surface area contributed by atoms with E-state index in [0.29, 0.717) is 24.7 Å². The fourth-order valence-corrected chi connectivity index (χ4v) is 5.91. The standard InChI is InChI=1S/C28H34N4O2S/c1-19(2)20-11-13-21(14-12-20)24-16-25-26(33)31(17-23-10-7-15-35-23)28(3,18-32(25)30-24)27(34)29-22-8-5-4-6-9-22/h7,10-16,19,22H,4-6,8-9,17-18H2,1-3H3,(H,29,34). The summed E-state index contributed by atoms with van der Waals surface area (Å²) in [5.41, 5.74) is 2.52. The van der Waals surface area contributed by atoms with Crippen LogP contribution in [-0.2, 0) is 17.9 Å². The van der Waals surface area contributed by atoms with E-state index in [1.54, 1.807) is 20.9 Å². The highest BCUT2D eigenvalue weighted by Gasteiger charge is 2.48. The summed E-state index contributed by atoms with van der Waals surface area (Å²) < 4.78 is 1.74. The number of benzene rings is 1. The molecule has 1 aromatic carbocycles. The lowest BCUT2D eigenvalue weighted by molar-refractivity contribution is -0.134. The van der Waals surface area contributed by atoms with Gasteiger partial charge in [0.25, 0.3) is 5.91 Å². The lowest BCUT2D eigenvalue weighted by Crippen LogP contribution is -2.64. The molecule has 6 nitrogen and oxygen atoms in total. The van der Waals surface area contributed by atoms with Crippen LogP contribution in [0.15, 0.2) is 47.8 Å². The smallest absolute Gasteiger partial charge is 0.273 e. The minimum atomic E-state index is -1.02. The van der Waals surface area contributed by atoms with E-state index in [4.69, 9.17) is 5.10 Å². The molecule has 1 aliphatic carbocycles. The molecule has 2 aliphatic rings. The number of aromatic nitrogens is 2. The van der Waals surface area contributed by atoms with Gasteiger partial charge in [0, 0.05) is 16.5 Å². The van der Waals surface area contributed by atoms with Crippen LogP contribution >= 0.6 is 11.3 Å². The first kappa shape index (κ1) is 23.8. The molecule has 1 atom stereocenters. The molecular weight excluding hydrogens is 456 g/mol. The van der Waals surface area contributed by atoms with Crippen LogP contribution in [0.2, 0.25) is 0 Å². The van der Waals surface area contributed by atoms with Crippen molar-refractivity contribution in [1.82, 2.24) is 20.0 Å². The van der Waals surface area contributed by atoms with Crippen LogP contribution in [0, 0.1) is 0 Å². The first-order valence-corrected chi connectivity index (χ1v) is 13.6. The van der Waals surface area contributed by atoms with E-state index in [1.165, 1.54) is 12.0 Å². The molecule has 1 fully saturated rings. The predicted octanol–water partition coefficient (Wildman–Crippen LogP) is 5.60. The quantitative estimate of drug-likeness (QED) is 0.489. The first-order chi connectivity index (χ1) is 16.8. The highest BCUT2D eigenvalue weighted by Crippen LogP contribution is 2.33. The van der Waals surface area contributed by atoms with Crippen molar-refractivity contribution in [2.75, 3.05) is 0 Å². The minimum Gasteiger partial charge on any atom is -0.351 e. The summed E-state index contributed by atoms with van der Waals surface area (Å²) in [4.78, 5) is 30.4. The van der Waals surface area contributed by atoms with Crippen LogP contribution in [0.25, 0.3) is 11.3 Å². The maximum atomic E-state index is 13.8. The van der Waals surface area contributed by atoms with Crippen LogP contribution in [0.4, 0.5) is 0 Å². The van der Waals surface area contributed by atoms with Crippen LogP contribution < -0.4 is 5.32 Å². The second-order valence-electron chi connectivity index (χ2n) is 10.4. The maximum absolute atomic E-state index is 13.8. The average molecular weight is 491 g/mol. The zero-order valence-electron chi connectivity index (χ0n) is 20.8. The predicted molar refractivity (Wildman–Crippen MR) is 139 cm³/mol. The topological polar surface area (TPSA) is 67.2 Å². The third-order valence-electron chi connectivity index (χ3n) is 7.49. The Morgan fingerprint density at radius 3 is 2.57 bits per heavy atom. The zero-order chi connectivity index (χ0) is 24.6. The molecule has 5 rings (SSSR count). The van der Waals surface area contributed by atoms with E-state index in [-0.39, 0.29) is 17.9 Å². The van der Waals surface area contributed by atoms with Crippen molar-refractivity contribution in [3.63, 3.8) is 0 Å². The van der Waals surface area contributed by atoms with Gasteiger partial charge in [-0.25, -0.2) is 0 Å². The summed E-state index contributed by atoms with van der Waals surface area (Å²) in [6, 6.07) is 14.4. The molecule has 0 bridgehead atoms. The van der Waals surface area contributed by atoms with Crippen molar-refractivity contribution in [3.05, 3.63) is 64.0 Å². The molecule has 1 N–H and O–H groups in total. The Labute approximate surface area is 211 Å². The Bertz CT molecular complexity index is 1190. The molecule has 1 unspecified atom stereocenters. The van der Waals surface area contributed by atoms with Crippen LogP contribution in [-0.4, -0.2) is 38.1 Å². The number of rotatable bonds is 6. The molecule has 0 saturated heterocycles. The largest absolute Gasteiger partial charge is 0.351 e. The van der Waals surface area contributed by atoms with Crippen molar-refractivity contribution in [3.8, 4) is 11.3 Å². The Morgan fingerprint density at radius 2 is 1.91 bits per heavy atom. The number of hydrogen-bond acceptors (Lipinski definition) is 4. The third kappa shape index (κ3) is 4.66. The number of thiophene rings is 1. The van der Waals surface area contributed by atoms with Gasteiger partial charge < -0.3 is 10.2 Å². The third-order valence-corrected chi connectivity index (χ3v) is 8.36. The van der Waals surface area contributed by atoms with Gasteiger partial charge in [-0.05, 0) is 48.8 Å².